The summed E-state index contributed by atoms with van der Waals surface area (Å²) < 4.78 is 4.71. The third-order valence-corrected chi connectivity index (χ3v) is 2.60. The number of carboxylic acids is 1. The third-order valence-electron chi connectivity index (χ3n) is 2.60. The van der Waals surface area contributed by atoms with E-state index in [1.165, 1.54) is 4.90 Å². The van der Waals surface area contributed by atoms with Crippen LogP contribution in [0.2, 0.25) is 0 Å². The van der Waals surface area contributed by atoms with Crippen molar-refractivity contribution in [2.75, 3.05) is 13.2 Å². The molecule has 0 radical (unpaired) electrons. The third kappa shape index (κ3) is 2.52. The van der Waals surface area contributed by atoms with E-state index >= 15 is 0 Å². The van der Waals surface area contributed by atoms with Gasteiger partial charge in [0.25, 0.3) is 0 Å². The van der Waals surface area contributed by atoms with Crippen LogP contribution in [-0.4, -0.2) is 46.2 Å². The van der Waals surface area contributed by atoms with Gasteiger partial charge in [-0.05, 0) is 12.1 Å². The molecule has 1 atom stereocenters. The number of aromatic nitrogens is 1. The van der Waals surface area contributed by atoms with Crippen molar-refractivity contribution in [2.45, 2.75) is 12.5 Å². The predicted molar refractivity (Wildman–Crippen MR) is 57.4 cm³/mol. The smallest absolute Gasteiger partial charge is 0.410 e. The van der Waals surface area contributed by atoms with E-state index in [1.54, 1.807) is 12.3 Å². The summed E-state index contributed by atoms with van der Waals surface area (Å²) in [5, 5.41) is 8.91. The van der Waals surface area contributed by atoms with Crippen molar-refractivity contribution in [3.8, 4) is 0 Å². The van der Waals surface area contributed by atoms with Gasteiger partial charge >= 0.3 is 12.1 Å². The molecule has 1 aliphatic heterocycles. The van der Waals surface area contributed by atoms with E-state index in [4.69, 9.17) is 9.84 Å². The number of nitrogens with zero attached hydrogens (tertiary/aromatic N) is 2. The van der Waals surface area contributed by atoms with Gasteiger partial charge in [-0.1, -0.05) is 6.07 Å². The van der Waals surface area contributed by atoms with E-state index in [9.17, 15) is 9.59 Å². The lowest BCUT2D eigenvalue weighted by Gasteiger charge is -2.17. The number of hydrogen-bond acceptors (Lipinski definition) is 4. The van der Waals surface area contributed by atoms with Crippen molar-refractivity contribution in [1.29, 1.82) is 0 Å². The number of rotatable bonds is 4. The molecule has 1 unspecified atom stereocenters. The molecule has 2 rings (SSSR count). The summed E-state index contributed by atoms with van der Waals surface area (Å²) in [4.78, 5) is 27.5. The zero-order valence-corrected chi connectivity index (χ0v) is 9.07. The Hall–Kier alpha value is -2.11. The fraction of sp³-hybridized carbons (Fsp3) is 0.364. The van der Waals surface area contributed by atoms with Crippen LogP contribution in [0, 0.1) is 0 Å². The highest BCUT2D eigenvalue weighted by Gasteiger charge is 2.37. The van der Waals surface area contributed by atoms with Crippen LogP contribution >= 0.6 is 0 Å². The SMILES string of the molecule is O=C(O)C1COC(=O)N1CCc1ccccn1. The molecule has 1 fully saturated rings. The molecule has 6 heteroatoms. The number of cyclic esters (lactones) is 1. The quantitative estimate of drug-likeness (QED) is 0.824. The monoisotopic (exact) mass is 236 g/mol. The van der Waals surface area contributed by atoms with E-state index < -0.39 is 18.1 Å². The Morgan fingerprint density at radius 2 is 2.41 bits per heavy atom. The average molecular weight is 236 g/mol. The average Bonchev–Trinajstić information content (AvgIpc) is 2.69. The Morgan fingerprint density at radius 3 is 3.06 bits per heavy atom. The van der Waals surface area contributed by atoms with Gasteiger partial charge in [-0.25, -0.2) is 9.59 Å². The van der Waals surface area contributed by atoms with Crippen LogP contribution in [0.3, 0.4) is 0 Å². The van der Waals surface area contributed by atoms with Gasteiger partial charge in [-0.15, -0.1) is 0 Å². The number of carbonyl (C=O) groups is 2. The highest BCUT2D eigenvalue weighted by molar-refractivity contribution is 5.82. The highest BCUT2D eigenvalue weighted by Crippen LogP contribution is 2.13. The highest BCUT2D eigenvalue weighted by atomic mass is 16.6. The lowest BCUT2D eigenvalue weighted by molar-refractivity contribution is -0.141. The summed E-state index contributed by atoms with van der Waals surface area (Å²) in [6, 6.07) is 4.59. The topological polar surface area (TPSA) is 79.7 Å². The molecular weight excluding hydrogens is 224 g/mol. The molecule has 0 aliphatic carbocycles. The minimum Gasteiger partial charge on any atom is -0.480 e. The Bertz CT molecular complexity index is 421. The molecule has 0 bridgehead atoms. The second kappa shape index (κ2) is 4.82. The fourth-order valence-electron chi connectivity index (χ4n) is 1.68. The summed E-state index contributed by atoms with van der Waals surface area (Å²) in [6.45, 7) is 0.212. The maximum absolute atomic E-state index is 11.3. The van der Waals surface area contributed by atoms with Gasteiger partial charge < -0.3 is 9.84 Å². The molecule has 2 heterocycles. The van der Waals surface area contributed by atoms with Gasteiger partial charge in [0.05, 0.1) is 0 Å². The summed E-state index contributed by atoms with van der Waals surface area (Å²) in [6.07, 6.45) is 1.60. The summed E-state index contributed by atoms with van der Waals surface area (Å²) in [5.41, 5.74) is 0.816. The number of amides is 1. The van der Waals surface area contributed by atoms with Gasteiger partial charge in [0.2, 0.25) is 0 Å². The molecule has 1 amide bonds. The Balaban J connectivity index is 1.98. The van der Waals surface area contributed by atoms with Crippen molar-refractivity contribution in [3.63, 3.8) is 0 Å². The van der Waals surface area contributed by atoms with Crippen molar-refractivity contribution in [1.82, 2.24) is 9.88 Å². The van der Waals surface area contributed by atoms with Gasteiger partial charge in [-0.3, -0.25) is 9.88 Å². The van der Waals surface area contributed by atoms with Crippen LogP contribution in [0.4, 0.5) is 4.79 Å². The number of carbonyl (C=O) groups excluding carboxylic acids is 1. The van der Waals surface area contributed by atoms with Crippen LogP contribution in [0.15, 0.2) is 24.4 Å². The molecule has 90 valence electrons. The van der Waals surface area contributed by atoms with Crippen molar-refractivity contribution < 1.29 is 19.4 Å². The first-order valence-electron chi connectivity index (χ1n) is 5.24. The van der Waals surface area contributed by atoms with E-state index in [0.29, 0.717) is 13.0 Å². The predicted octanol–water partition coefficient (Wildman–Crippen LogP) is 0.529. The Kier molecular flexibility index (Phi) is 3.22. The summed E-state index contributed by atoms with van der Waals surface area (Å²) in [5.74, 6) is -1.04. The molecule has 6 nitrogen and oxygen atoms in total. The maximum Gasteiger partial charge on any atom is 0.410 e. The van der Waals surface area contributed by atoms with Crippen LogP contribution in [0.25, 0.3) is 0 Å². The normalized spacial score (nSPS) is 19.2. The molecule has 0 saturated carbocycles. The first-order chi connectivity index (χ1) is 8.18. The maximum atomic E-state index is 11.3. The van der Waals surface area contributed by atoms with Crippen molar-refractivity contribution in [2.24, 2.45) is 0 Å². The van der Waals surface area contributed by atoms with Gasteiger partial charge in [0.15, 0.2) is 6.04 Å². The van der Waals surface area contributed by atoms with E-state index in [1.807, 2.05) is 12.1 Å². The first kappa shape index (κ1) is 11.4. The molecule has 0 spiro atoms. The van der Waals surface area contributed by atoms with Crippen LogP contribution in [0.1, 0.15) is 5.69 Å². The fourth-order valence-corrected chi connectivity index (χ4v) is 1.68. The number of aliphatic carboxylic acids is 1. The minimum atomic E-state index is -1.04. The van der Waals surface area contributed by atoms with Crippen molar-refractivity contribution >= 4 is 12.1 Å². The second-order valence-corrected chi connectivity index (χ2v) is 3.70. The lowest BCUT2D eigenvalue weighted by Crippen LogP contribution is -2.40. The summed E-state index contributed by atoms with van der Waals surface area (Å²) >= 11 is 0. The molecule has 0 aromatic carbocycles. The first-order valence-corrected chi connectivity index (χ1v) is 5.24. The molecule has 1 aromatic heterocycles. The van der Waals surface area contributed by atoms with Crippen LogP contribution in [0.5, 0.6) is 0 Å². The Labute approximate surface area is 97.8 Å². The van der Waals surface area contributed by atoms with E-state index in [2.05, 4.69) is 4.98 Å². The number of ether oxygens (including phenoxy) is 1. The van der Waals surface area contributed by atoms with Gasteiger partial charge in [0, 0.05) is 24.9 Å². The number of carboxylic acid groups (broad SMARTS) is 1. The number of hydrogen-bond donors (Lipinski definition) is 1. The summed E-state index contributed by atoms with van der Waals surface area (Å²) in [7, 11) is 0. The lowest BCUT2D eigenvalue weighted by atomic mass is 10.2. The molecular formula is C11H12N2O4. The zero-order chi connectivity index (χ0) is 12.3. The molecule has 1 aromatic rings. The largest absolute Gasteiger partial charge is 0.480 e. The second-order valence-electron chi connectivity index (χ2n) is 3.70. The van der Waals surface area contributed by atoms with Gasteiger partial charge in [0.1, 0.15) is 6.61 Å². The number of pyridine rings is 1. The van der Waals surface area contributed by atoms with Gasteiger partial charge in [-0.2, -0.15) is 0 Å². The molecule has 1 saturated heterocycles. The standard InChI is InChI=1S/C11H12N2O4/c14-10(15)9-7-17-11(16)13(9)6-4-8-3-1-2-5-12-8/h1-3,5,9H,4,6-7H2,(H,14,15). The molecule has 17 heavy (non-hydrogen) atoms. The Morgan fingerprint density at radius 1 is 1.59 bits per heavy atom. The zero-order valence-electron chi connectivity index (χ0n) is 9.07. The van der Waals surface area contributed by atoms with E-state index in [-0.39, 0.29) is 6.61 Å². The van der Waals surface area contributed by atoms with E-state index in [0.717, 1.165) is 5.69 Å². The molecule has 1 N–H and O–H groups in total. The van der Waals surface area contributed by atoms with Crippen LogP contribution in [-0.2, 0) is 16.0 Å². The van der Waals surface area contributed by atoms with Crippen LogP contribution < -0.4 is 0 Å². The molecule has 1 aliphatic rings. The minimum absolute atomic E-state index is 0.0869. The van der Waals surface area contributed by atoms with Crippen molar-refractivity contribution in [3.05, 3.63) is 30.1 Å².